The predicted molar refractivity (Wildman–Crippen MR) is 163 cm³/mol. The topological polar surface area (TPSA) is 64.3 Å². The molecule has 0 bridgehead atoms. The van der Waals surface area contributed by atoms with Gasteiger partial charge >= 0.3 is 0 Å². The first-order valence-electron chi connectivity index (χ1n) is 13.6. The minimum atomic E-state index is -0.295. The van der Waals surface area contributed by atoms with Crippen molar-refractivity contribution in [3.63, 3.8) is 0 Å². The molecule has 0 radical (unpaired) electrons. The lowest BCUT2D eigenvalue weighted by molar-refractivity contribution is 0.209. The Kier molecular flexibility index (Phi) is 8.05. The van der Waals surface area contributed by atoms with Crippen LogP contribution in [0, 0.1) is 5.82 Å². The summed E-state index contributed by atoms with van der Waals surface area (Å²) >= 11 is 6.53. The number of aliphatic imine (C=N–C) groups is 1. The summed E-state index contributed by atoms with van der Waals surface area (Å²) in [5.74, 6) is 0.960. The van der Waals surface area contributed by atoms with Crippen LogP contribution >= 0.6 is 11.6 Å². The highest BCUT2D eigenvalue weighted by Crippen LogP contribution is 2.30. The van der Waals surface area contributed by atoms with Crippen molar-refractivity contribution >= 4 is 34.5 Å². The smallest absolute Gasteiger partial charge is 0.141 e. The van der Waals surface area contributed by atoms with E-state index in [0.29, 0.717) is 23.0 Å². The van der Waals surface area contributed by atoms with Crippen LogP contribution in [0.1, 0.15) is 24.8 Å². The third-order valence-corrected chi connectivity index (χ3v) is 7.38. The van der Waals surface area contributed by atoms with Crippen LogP contribution in [0.25, 0.3) is 22.0 Å². The van der Waals surface area contributed by atoms with Crippen LogP contribution in [-0.4, -0.2) is 27.3 Å². The highest BCUT2D eigenvalue weighted by atomic mass is 35.5. The van der Waals surface area contributed by atoms with E-state index < -0.39 is 0 Å². The molecule has 8 heteroatoms. The molecule has 206 valence electrons. The Morgan fingerprint density at radius 1 is 1.05 bits per heavy atom. The number of nitrogens with zero attached hydrogens (tertiary/aromatic N) is 4. The van der Waals surface area contributed by atoms with Gasteiger partial charge in [-0.25, -0.2) is 14.4 Å². The van der Waals surface area contributed by atoms with Crippen LogP contribution in [0.5, 0.6) is 0 Å². The van der Waals surface area contributed by atoms with E-state index in [1.54, 1.807) is 12.4 Å². The first kappa shape index (κ1) is 26.7. The third-order valence-electron chi connectivity index (χ3n) is 7.03. The summed E-state index contributed by atoms with van der Waals surface area (Å²) in [5, 5.41) is 4.93. The fraction of sp³-hybridized carbons (Fsp3) is 0.182. The summed E-state index contributed by atoms with van der Waals surface area (Å²) in [4.78, 5) is 13.4. The Labute approximate surface area is 243 Å². The van der Waals surface area contributed by atoms with Crippen LogP contribution < -0.4 is 5.32 Å². The van der Waals surface area contributed by atoms with Crippen LogP contribution in [0.3, 0.4) is 0 Å². The van der Waals surface area contributed by atoms with Crippen molar-refractivity contribution in [2.24, 2.45) is 4.99 Å². The molecular weight excluding hydrogens is 537 g/mol. The average Bonchev–Trinajstić information content (AvgIpc) is 3.18. The van der Waals surface area contributed by atoms with E-state index in [9.17, 15) is 4.39 Å². The number of nitrogens with one attached hydrogen (secondary N) is 1. The Bertz CT molecular complexity index is 1730. The molecule has 1 aliphatic carbocycles. The number of benzene rings is 2. The number of rotatable bonds is 8. The van der Waals surface area contributed by atoms with Gasteiger partial charge in [-0.15, -0.1) is 0 Å². The molecule has 2 aromatic heterocycles. The lowest BCUT2D eigenvalue weighted by Gasteiger charge is -2.10. The lowest BCUT2D eigenvalue weighted by Crippen LogP contribution is -2.01. The second kappa shape index (κ2) is 12.4. The standard InChI is InChI=1S/C33H29ClFN5O/c34-30-9-7-28(8-11-32(30)41-21-24-3-1-5-27(35)17-24)39-33-29-18-25(6-10-31(29)37-22-38-33)26-13-16-40(20-26)19-23-4-2-14-36-15-12-23/h1,3,5-8,10-13,15-18,20,22H,2,4,9,14,19,21H2,(H,37,38,39). The quantitative estimate of drug-likeness (QED) is 0.235. The van der Waals surface area contributed by atoms with Gasteiger partial charge < -0.3 is 14.6 Å². The minimum Gasteiger partial charge on any atom is -0.488 e. The van der Waals surface area contributed by atoms with Gasteiger partial charge in [-0.3, -0.25) is 4.99 Å². The maximum absolute atomic E-state index is 13.5. The van der Waals surface area contributed by atoms with Crippen molar-refractivity contribution in [1.82, 2.24) is 14.5 Å². The highest BCUT2D eigenvalue weighted by Gasteiger charge is 2.12. The zero-order valence-corrected chi connectivity index (χ0v) is 23.2. The van der Waals surface area contributed by atoms with Crippen molar-refractivity contribution in [2.75, 3.05) is 11.9 Å². The van der Waals surface area contributed by atoms with E-state index in [0.717, 1.165) is 59.2 Å². The normalized spacial score (nSPS) is 15.4. The minimum absolute atomic E-state index is 0.226. The largest absolute Gasteiger partial charge is 0.488 e. The number of hydrogen-bond acceptors (Lipinski definition) is 5. The van der Waals surface area contributed by atoms with Gasteiger partial charge in [0.05, 0.1) is 10.5 Å². The Balaban J connectivity index is 1.18. The molecular formula is C33H29ClFN5O. The van der Waals surface area contributed by atoms with Crippen LogP contribution in [-0.2, 0) is 17.9 Å². The van der Waals surface area contributed by atoms with Crippen molar-refractivity contribution in [2.45, 2.75) is 32.4 Å². The van der Waals surface area contributed by atoms with Crippen LogP contribution in [0.15, 0.2) is 119 Å². The lowest BCUT2D eigenvalue weighted by atomic mass is 10.1. The molecule has 4 aromatic rings. The van der Waals surface area contributed by atoms with Crippen molar-refractivity contribution < 1.29 is 9.13 Å². The molecule has 0 saturated carbocycles. The molecule has 0 spiro atoms. The zero-order valence-electron chi connectivity index (χ0n) is 22.4. The number of aromatic nitrogens is 3. The number of allylic oxidation sites excluding steroid dienone is 6. The Hall–Kier alpha value is -4.49. The number of halogens is 2. The van der Waals surface area contributed by atoms with E-state index in [1.165, 1.54) is 17.7 Å². The molecule has 3 heterocycles. The molecule has 0 fully saturated rings. The Morgan fingerprint density at radius 2 is 2.00 bits per heavy atom. The summed E-state index contributed by atoms with van der Waals surface area (Å²) in [7, 11) is 0. The van der Waals surface area contributed by atoms with Gasteiger partial charge in [0, 0.05) is 49.2 Å². The number of anilines is 1. The van der Waals surface area contributed by atoms with E-state index in [1.807, 2.05) is 36.6 Å². The fourth-order valence-corrected chi connectivity index (χ4v) is 5.09. The molecule has 0 atom stereocenters. The molecule has 1 aliphatic heterocycles. The van der Waals surface area contributed by atoms with E-state index in [-0.39, 0.29) is 12.4 Å². The van der Waals surface area contributed by atoms with Crippen molar-refractivity contribution in [1.29, 1.82) is 0 Å². The average molecular weight is 566 g/mol. The molecule has 0 amide bonds. The first-order chi connectivity index (χ1) is 20.1. The zero-order chi connectivity index (χ0) is 28.0. The molecule has 6 rings (SSSR count). The van der Waals surface area contributed by atoms with Gasteiger partial charge in [0.2, 0.25) is 0 Å². The third kappa shape index (κ3) is 6.64. The number of hydrogen-bond donors (Lipinski definition) is 1. The highest BCUT2D eigenvalue weighted by molar-refractivity contribution is 6.30. The predicted octanol–water partition coefficient (Wildman–Crippen LogP) is 7.95. The van der Waals surface area contributed by atoms with Gasteiger partial charge in [0.15, 0.2) is 0 Å². The summed E-state index contributed by atoms with van der Waals surface area (Å²) in [6, 6.07) is 14.7. The summed E-state index contributed by atoms with van der Waals surface area (Å²) in [5.41, 5.74) is 6.03. The fourth-order valence-electron chi connectivity index (χ4n) is 4.89. The molecule has 2 aromatic carbocycles. The molecule has 1 N–H and O–H groups in total. The summed E-state index contributed by atoms with van der Waals surface area (Å²) in [6.45, 7) is 1.98. The second-order valence-corrected chi connectivity index (χ2v) is 10.5. The molecule has 0 unspecified atom stereocenters. The van der Waals surface area contributed by atoms with Crippen molar-refractivity contribution in [3.8, 4) is 11.1 Å². The van der Waals surface area contributed by atoms with Gasteiger partial charge in [0.1, 0.15) is 30.3 Å². The van der Waals surface area contributed by atoms with Gasteiger partial charge in [-0.1, -0.05) is 35.9 Å². The number of ether oxygens (including phenoxy) is 1. The van der Waals surface area contributed by atoms with Gasteiger partial charge in [-0.2, -0.15) is 0 Å². The van der Waals surface area contributed by atoms with Gasteiger partial charge in [-0.05, 0) is 83.7 Å². The van der Waals surface area contributed by atoms with E-state index >= 15 is 0 Å². The van der Waals surface area contributed by atoms with Gasteiger partial charge in [0.25, 0.3) is 0 Å². The van der Waals surface area contributed by atoms with Crippen molar-refractivity contribution in [3.05, 3.63) is 125 Å². The monoisotopic (exact) mass is 565 g/mol. The maximum atomic E-state index is 13.5. The van der Waals surface area contributed by atoms with E-state index in [4.69, 9.17) is 16.3 Å². The van der Waals surface area contributed by atoms with Crippen LogP contribution in [0.4, 0.5) is 10.2 Å². The molecule has 2 aliphatic rings. The second-order valence-electron chi connectivity index (χ2n) is 10.0. The maximum Gasteiger partial charge on any atom is 0.141 e. The molecule has 41 heavy (non-hydrogen) atoms. The summed E-state index contributed by atoms with van der Waals surface area (Å²) < 4.78 is 21.6. The SMILES string of the molecule is Fc1cccc(COC2=C(Cl)CC=C(Nc3ncnc4ccc(-c5ccn(CC6=CC=NCCC6)c5)cc34)C=C2)c1. The van der Waals surface area contributed by atoms with Crippen LogP contribution in [0.2, 0.25) is 0 Å². The summed E-state index contributed by atoms with van der Waals surface area (Å²) in [6.07, 6.45) is 18.3. The number of fused-ring (bicyclic) bond motifs is 1. The Morgan fingerprint density at radius 3 is 2.93 bits per heavy atom. The molecule has 0 saturated heterocycles. The van der Waals surface area contributed by atoms with E-state index in [2.05, 4.69) is 61.5 Å². The molecule has 6 nitrogen and oxygen atoms in total. The first-order valence-corrected chi connectivity index (χ1v) is 14.0.